The molecular weight excluding hydrogens is 478 g/mol. The lowest BCUT2D eigenvalue weighted by molar-refractivity contribution is 0.0142. The van der Waals surface area contributed by atoms with E-state index in [-0.39, 0.29) is 24.8 Å². The van der Waals surface area contributed by atoms with Gasteiger partial charge in [0.05, 0.1) is 12.8 Å². The molecule has 0 aliphatic rings. The number of furan rings is 2. The Morgan fingerprint density at radius 3 is 2.32 bits per heavy atom. The predicted molar refractivity (Wildman–Crippen MR) is 140 cm³/mol. The van der Waals surface area contributed by atoms with E-state index >= 15 is 0 Å². The number of rotatable bonds is 8. The zero-order chi connectivity index (χ0) is 26.9. The highest BCUT2D eigenvalue weighted by molar-refractivity contribution is 5.79. The molecule has 0 fully saturated rings. The van der Waals surface area contributed by atoms with E-state index in [0.717, 1.165) is 10.8 Å². The second-order valence-corrected chi connectivity index (χ2v) is 10.7. The van der Waals surface area contributed by atoms with E-state index in [9.17, 15) is 13.6 Å². The Morgan fingerprint density at radius 1 is 1.00 bits per heavy atom. The average molecular weight is 513 g/mol. The van der Waals surface area contributed by atoms with Crippen LogP contribution >= 0.6 is 0 Å². The first-order valence-corrected chi connectivity index (χ1v) is 12.5. The van der Waals surface area contributed by atoms with Crippen molar-refractivity contribution in [3.8, 4) is 0 Å². The van der Waals surface area contributed by atoms with Gasteiger partial charge in [0.1, 0.15) is 34.2 Å². The molecule has 198 valence electrons. The van der Waals surface area contributed by atoms with Gasteiger partial charge in [-0.15, -0.1) is 0 Å². The van der Waals surface area contributed by atoms with E-state index in [0.29, 0.717) is 34.5 Å². The number of nitrogens with one attached hydrogen (secondary N) is 1. The molecular formula is C29H34F2N2O4. The van der Waals surface area contributed by atoms with Crippen LogP contribution in [0, 0.1) is 11.6 Å². The van der Waals surface area contributed by atoms with Crippen LogP contribution in [0.1, 0.15) is 51.5 Å². The van der Waals surface area contributed by atoms with Crippen molar-refractivity contribution in [1.29, 1.82) is 0 Å². The van der Waals surface area contributed by atoms with Crippen LogP contribution in [0.4, 0.5) is 13.6 Å². The normalized spacial score (nSPS) is 13.7. The summed E-state index contributed by atoms with van der Waals surface area (Å²) in [6, 6.07) is 9.52. The molecule has 37 heavy (non-hydrogen) atoms. The smallest absolute Gasteiger partial charge is 0.410 e. The second kappa shape index (κ2) is 10.5. The van der Waals surface area contributed by atoms with Crippen LogP contribution in [0.3, 0.4) is 0 Å². The third-order valence-electron chi connectivity index (χ3n) is 6.38. The number of hydrogen-bond donors (Lipinski definition) is 1. The fraction of sp³-hybridized carbons (Fsp3) is 0.414. The Morgan fingerprint density at radius 2 is 1.65 bits per heavy atom. The molecule has 0 aliphatic heterocycles. The van der Waals surface area contributed by atoms with Crippen LogP contribution in [-0.4, -0.2) is 35.7 Å². The molecule has 0 saturated heterocycles. The van der Waals surface area contributed by atoms with E-state index in [2.05, 4.69) is 5.32 Å². The monoisotopic (exact) mass is 512 g/mol. The second-order valence-electron chi connectivity index (χ2n) is 10.7. The molecule has 8 heteroatoms. The first-order valence-electron chi connectivity index (χ1n) is 12.5. The summed E-state index contributed by atoms with van der Waals surface area (Å²) in [6.07, 6.45) is 1.76. The van der Waals surface area contributed by atoms with Gasteiger partial charge in [-0.2, -0.15) is 0 Å². The highest BCUT2D eigenvalue weighted by atomic mass is 19.1. The Kier molecular flexibility index (Phi) is 7.59. The Hall–Kier alpha value is -3.39. The molecule has 1 amide bonds. The van der Waals surface area contributed by atoms with Gasteiger partial charge in [-0.3, -0.25) is 4.90 Å². The molecule has 0 aliphatic carbocycles. The SMILES string of the molecule is CNC(C)Cc1cc2cc(CN(C(=O)OC(C)(C)C)C(C)Cc3cc4ccoc4cc3F)oc2cc1F. The molecule has 6 nitrogen and oxygen atoms in total. The number of fused-ring (bicyclic) bond motifs is 2. The molecule has 1 N–H and O–H groups in total. The van der Waals surface area contributed by atoms with Gasteiger partial charge in [-0.25, -0.2) is 13.6 Å². The molecule has 0 radical (unpaired) electrons. The lowest BCUT2D eigenvalue weighted by Gasteiger charge is -2.31. The number of carbonyl (C=O) groups is 1. The number of hydrogen-bond acceptors (Lipinski definition) is 5. The minimum atomic E-state index is -0.716. The van der Waals surface area contributed by atoms with E-state index in [1.54, 1.807) is 39.0 Å². The highest BCUT2D eigenvalue weighted by Crippen LogP contribution is 2.27. The molecule has 4 rings (SSSR count). The van der Waals surface area contributed by atoms with Crippen molar-refractivity contribution in [2.75, 3.05) is 7.05 Å². The van der Waals surface area contributed by atoms with Crippen LogP contribution in [-0.2, 0) is 24.1 Å². The number of benzene rings is 2. The minimum absolute atomic E-state index is 0.0875. The number of carbonyl (C=O) groups excluding carboxylic acids is 1. The van der Waals surface area contributed by atoms with Crippen LogP contribution in [0.15, 0.2) is 51.5 Å². The maximum absolute atomic E-state index is 14.8. The van der Waals surface area contributed by atoms with Gasteiger partial charge in [0, 0.05) is 35.0 Å². The zero-order valence-corrected chi connectivity index (χ0v) is 22.2. The van der Waals surface area contributed by atoms with Crippen molar-refractivity contribution in [1.82, 2.24) is 10.2 Å². The summed E-state index contributed by atoms with van der Waals surface area (Å²) in [7, 11) is 1.84. The van der Waals surface area contributed by atoms with Gasteiger partial charge in [0.2, 0.25) is 0 Å². The molecule has 4 aromatic rings. The summed E-state index contributed by atoms with van der Waals surface area (Å²) in [5.41, 5.74) is 1.21. The molecule has 2 aromatic carbocycles. The first kappa shape index (κ1) is 26.7. The Balaban J connectivity index is 1.62. The maximum Gasteiger partial charge on any atom is 0.410 e. The topological polar surface area (TPSA) is 67.9 Å². The standard InChI is InChI=1S/C29H34F2N2O4/c1-17(32-6)9-20-12-22-13-23(36-27(22)15-25(20)31)16-33(28(34)37-29(3,4)5)18(2)10-21-11-19-7-8-35-26(19)14-24(21)30/h7-8,11-15,17-18,32H,9-10,16H2,1-6H3. The van der Waals surface area contributed by atoms with Gasteiger partial charge in [-0.1, -0.05) is 0 Å². The molecule has 0 saturated carbocycles. The van der Waals surface area contributed by atoms with E-state index in [1.807, 2.05) is 27.0 Å². The van der Waals surface area contributed by atoms with Gasteiger partial charge in [0.25, 0.3) is 0 Å². The van der Waals surface area contributed by atoms with Gasteiger partial charge in [-0.05, 0) is 89.9 Å². The van der Waals surface area contributed by atoms with Crippen LogP contribution in [0.2, 0.25) is 0 Å². The average Bonchev–Trinajstić information content (AvgIpc) is 3.42. The summed E-state index contributed by atoms with van der Waals surface area (Å²) in [5, 5.41) is 4.66. The van der Waals surface area contributed by atoms with E-state index in [1.165, 1.54) is 23.3 Å². The summed E-state index contributed by atoms with van der Waals surface area (Å²) in [5.74, 6) is -0.254. The largest absolute Gasteiger partial charge is 0.464 e. The van der Waals surface area contributed by atoms with Crippen molar-refractivity contribution in [3.63, 3.8) is 0 Å². The summed E-state index contributed by atoms with van der Waals surface area (Å²) >= 11 is 0. The summed E-state index contributed by atoms with van der Waals surface area (Å²) < 4.78 is 46.3. The fourth-order valence-corrected chi connectivity index (χ4v) is 4.34. The third-order valence-corrected chi connectivity index (χ3v) is 6.38. The number of likely N-dealkylation sites (N-methyl/N-ethyl adjacent to an activating group) is 1. The van der Waals surface area contributed by atoms with E-state index < -0.39 is 23.6 Å². The maximum atomic E-state index is 14.8. The lowest BCUT2D eigenvalue weighted by Crippen LogP contribution is -2.42. The predicted octanol–water partition coefficient (Wildman–Crippen LogP) is 6.98. The lowest BCUT2D eigenvalue weighted by atomic mass is 10.0. The first-order chi connectivity index (χ1) is 17.4. The van der Waals surface area contributed by atoms with Crippen molar-refractivity contribution in [3.05, 3.63) is 71.2 Å². The van der Waals surface area contributed by atoms with Crippen LogP contribution in [0.25, 0.3) is 21.9 Å². The molecule has 0 spiro atoms. The van der Waals surface area contributed by atoms with Crippen molar-refractivity contribution in [2.24, 2.45) is 0 Å². The van der Waals surface area contributed by atoms with Crippen molar-refractivity contribution in [2.45, 2.75) is 71.7 Å². The quantitative estimate of drug-likeness (QED) is 0.276. The molecule has 2 unspecified atom stereocenters. The number of amides is 1. The molecule has 0 bridgehead atoms. The Bertz CT molecular complexity index is 1400. The van der Waals surface area contributed by atoms with Crippen LogP contribution in [0.5, 0.6) is 0 Å². The van der Waals surface area contributed by atoms with Gasteiger partial charge >= 0.3 is 6.09 Å². The highest BCUT2D eigenvalue weighted by Gasteiger charge is 2.28. The van der Waals surface area contributed by atoms with Gasteiger partial charge in [0.15, 0.2) is 0 Å². The van der Waals surface area contributed by atoms with Crippen LogP contribution < -0.4 is 5.32 Å². The van der Waals surface area contributed by atoms with E-state index in [4.69, 9.17) is 13.6 Å². The zero-order valence-electron chi connectivity index (χ0n) is 22.2. The number of nitrogens with zero attached hydrogens (tertiary/aromatic N) is 1. The third kappa shape index (κ3) is 6.31. The number of halogens is 2. The minimum Gasteiger partial charge on any atom is -0.464 e. The fourth-order valence-electron chi connectivity index (χ4n) is 4.34. The molecule has 2 atom stereocenters. The van der Waals surface area contributed by atoms with Crippen molar-refractivity contribution < 1.29 is 27.1 Å². The van der Waals surface area contributed by atoms with Gasteiger partial charge < -0.3 is 18.9 Å². The summed E-state index contributed by atoms with van der Waals surface area (Å²) in [4.78, 5) is 14.7. The molecule has 2 aromatic heterocycles. The molecule has 2 heterocycles. The number of ether oxygens (including phenoxy) is 1. The van der Waals surface area contributed by atoms with Crippen molar-refractivity contribution >= 4 is 28.0 Å². The summed E-state index contributed by atoms with van der Waals surface area (Å²) in [6.45, 7) is 9.28. The Labute approximate surface area is 215 Å².